The van der Waals surface area contributed by atoms with Crippen molar-refractivity contribution >= 4 is 75.1 Å². The van der Waals surface area contributed by atoms with Gasteiger partial charge in [0.15, 0.2) is 11.6 Å². The van der Waals surface area contributed by atoms with Crippen molar-refractivity contribution in [1.82, 2.24) is 34.1 Å². The van der Waals surface area contributed by atoms with Crippen molar-refractivity contribution in [3.8, 4) is 56.8 Å². The molecule has 294 valence electrons. The number of thiophene rings is 1. The Hall–Kier alpha value is -8.33. The summed E-state index contributed by atoms with van der Waals surface area (Å²) >= 11 is 1.80. The number of pyridine rings is 1. The van der Waals surface area contributed by atoms with Crippen LogP contribution in [-0.4, -0.2) is 34.1 Å². The number of benzene rings is 7. The van der Waals surface area contributed by atoms with E-state index in [0.717, 1.165) is 78.0 Å². The van der Waals surface area contributed by atoms with Gasteiger partial charge in [0.2, 0.25) is 0 Å². The Kier molecular flexibility index (Phi) is 7.94. The minimum Gasteiger partial charge on any atom is -0.309 e. The van der Waals surface area contributed by atoms with Crippen molar-refractivity contribution in [1.29, 1.82) is 0 Å². The van der Waals surface area contributed by atoms with Crippen LogP contribution in [0.2, 0.25) is 0 Å². The van der Waals surface area contributed by atoms with Crippen LogP contribution >= 0.6 is 11.3 Å². The second-order valence-corrected chi connectivity index (χ2v) is 16.8. The molecule has 0 unspecified atom stereocenters. The van der Waals surface area contributed by atoms with E-state index in [4.69, 9.17) is 19.9 Å². The lowest BCUT2D eigenvalue weighted by Gasteiger charge is -2.12. The molecule has 6 aromatic heterocycles. The van der Waals surface area contributed by atoms with Crippen LogP contribution in [0, 0.1) is 0 Å². The van der Waals surface area contributed by atoms with Crippen molar-refractivity contribution < 1.29 is 0 Å². The van der Waals surface area contributed by atoms with E-state index in [1.165, 1.54) is 30.9 Å². The lowest BCUT2D eigenvalue weighted by molar-refractivity contribution is 1.05. The molecular formula is C55H33N7S. The van der Waals surface area contributed by atoms with Crippen LogP contribution in [-0.2, 0) is 0 Å². The van der Waals surface area contributed by atoms with Gasteiger partial charge >= 0.3 is 0 Å². The molecule has 0 spiro atoms. The lowest BCUT2D eigenvalue weighted by Crippen LogP contribution is -2.02. The zero-order chi connectivity index (χ0) is 41.4. The molecule has 0 saturated heterocycles. The van der Waals surface area contributed by atoms with Crippen molar-refractivity contribution in [3.63, 3.8) is 0 Å². The van der Waals surface area contributed by atoms with Crippen molar-refractivity contribution in [2.45, 2.75) is 0 Å². The van der Waals surface area contributed by atoms with Gasteiger partial charge in [0.05, 0.1) is 33.5 Å². The first-order valence-corrected chi connectivity index (χ1v) is 21.7. The summed E-state index contributed by atoms with van der Waals surface area (Å²) in [6, 6.07) is 63.8. The van der Waals surface area contributed by atoms with E-state index in [1.54, 1.807) is 11.3 Å². The van der Waals surface area contributed by atoms with Gasteiger partial charge in [-0.2, -0.15) is 0 Å². The molecule has 0 bridgehead atoms. The highest BCUT2D eigenvalue weighted by Crippen LogP contribution is 2.40. The van der Waals surface area contributed by atoms with Gasteiger partial charge in [-0.3, -0.25) is 9.55 Å². The predicted octanol–water partition coefficient (Wildman–Crippen LogP) is 13.9. The molecule has 0 aliphatic carbocycles. The molecule has 63 heavy (non-hydrogen) atoms. The third-order valence-corrected chi connectivity index (χ3v) is 13.3. The molecule has 0 atom stereocenters. The van der Waals surface area contributed by atoms with Gasteiger partial charge in [-0.15, -0.1) is 11.3 Å². The summed E-state index contributed by atoms with van der Waals surface area (Å²) in [6.45, 7) is 0. The molecular weight excluding hydrogens is 791 g/mol. The van der Waals surface area contributed by atoms with Gasteiger partial charge in [0.1, 0.15) is 5.82 Å². The van der Waals surface area contributed by atoms with Crippen LogP contribution in [0.1, 0.15) is 0 Å². The fourth-order valence-corrected chi connectivity index (χ4v) is 10.2. The molecule has 0 aliphatic rings. The van der Waals surface area contributed by atoms with E-state index in [-0.39, 0.29) is 0 Å². The van der Waals surface area contributed by atoms with Gasteiger partial charge in [-0.25, -0.2) is 19.9 Å². The van der Waals surface area contributed by atoms with Gasteiger partial charge in [-0.1, -0.05) is 115 Å². The van der Waals surface area contributed by atoms with Crippen LogP contribution < -0.4 is 0 Å². The number of aromatic nitrogens is 7. The van der Waals surface area contributed by atoms with Crippen molar-refractivity contribution in [3.05, 3.63) is 201 Å². The smallest absolute Gasteiger partial charge is 0.162 e. The summed E-state index contributed by atoms with van der Waals surface area (Å²) < 4.78 is 7.11. The summed E-state index contributed by atoms with van der Waals surface area (Å²) in [7, 11) is 0. The Balaban J connectivity index is 0.937. The summed E-state index contributed by atoms with van der Waals surface area (Å²) in [5.41, 5.74) is 11.1. The van der Waals surface area contributed by atoms with Crippen molar-refractivity contribution in [2.24, 2.45) is 0 Å². The second-order valence-electron chi connectivity index (χ2n) is 15.8. The minimum atomic E-state index is 0.668. The minimum absolute atomic E-state index is 0.668. The number of para-hydroxylation sites is 2. The van der Waals surface area contributed by atoms with Crippen LogP contribution in [0.25, 0.3) is 121 Å². The molecule has 0 aliphatic heterocycles. The molecule has 6 heterocycles. The van der Waals surface area contributed by atoms with Gasteiger partial charge in [0, 0.05) is 94.3 Å². The Morgan fingerprint density at radius 1 is 0.365 bits per heavy atom. The number of nitrogens with zero attached hydrogens (tertiary/aromatic N) is 7. The van der Waals surface area contributed by atoms with Crippen molar-refractivity contribution in [2.75, 3.05) is 0 Å². The quantitative estimate of drug-likeness (QED) is 0.167. The zero-order valence-electron chi connectivity index (χ0n) is 33.6. The van der Waals surface area contributed by atoms with E-state index in [2.05, 4.69) is 154 Å². The SMILES string of the molecule is c1ccc(-c2cc(-n3c4ccccc4c4cc(-c5ccnc(-c6ccc7c8ccccc8n(-c8ccc9sc%10ccncc%10c9c8)c7c6)n5)ccc43)nc(-c3ccccc3)n2)cc1. The highest BCUT2D eigenvalue weighted by molar-refractivity contribution is 7.25. The maximum absolute atomic E-state index is 5.23. The van der Waals surface area contributed by atoms with E-state index in [0.29, 0.717) is 11.6 Å². The highest BCUT2D eigenvalue weighted by Gasteiger charge is 2.19. The third-order valence-electron chi connectivity index (χ3n) is 12.1. The summed E-state index contributed by atoms with van der Waals surface area (Å²) in [5.74, 6) is 2.15. The Labute approximate surface area is 364 Å². The first-order valence-electron chi connectivity index (χ1n) is 20.9. The predicted molar refractivity (Wildman–Crippen MR) is 259 cm³/mol. The topological polar surface area (TPSA) is 74.3 Å². The molecule has 7 nitrogen and oxygen atoms in total. The largest absolute Gasteiger partial charge is 0.309 e. The summed E-state index contributed by atoms with van der Waals surface area (Å²) in [4.78, 5) is 24.8. The summed E-state index contributed by atoms with van der Waals surface area (Å²) in [5, 5.41) is 7.02. The van der Waals surface area contributed by atoms with Crippen LogP contribution in [0.15, 0.2) is 201 Å². The first-order chi connectivity index (χ1) is 31.2. The number of rotatable bonds is 6. The highest BCUT2D eigenvalue weighted by atomic mass is 32.1. The maximum Gasteiger partial charge on any atom is 0.162 e. The molecule has 0 radical (unpaired) electrons. The first kappa shape index (κ1) is 35.4. The normalized spacial score (nSPS) is 11.8. The van der Waals surface area contributed by atoms with Gasteiger partial charge < -0.3 is 4.57 Å². The van der Waals surface area contributed by atoms with E-state index < -0.39 is 0 Å². The van der Waals surface area contributed by atoms with Gasteiger partial charge in [-0.05, 0) is 60.7 Å². The van der Waals surface area contributed by atoms with E-state index in [1.807, 2.05) is 61.1 Å². The molecule has 0 N–H and O–H groups in total. The van der Waals surface area contributed by atoms with Crippen LogP contribution in [0.3, 0.4) is 0 Å². The molecule has 13 rings (SSSR count). The molecule has 13 aromatic rings. The Morgan fingerprint density at radius 2 is 1.05 bits per heavy atom. The standard InChI is InChI=1S/C55H33N7S/c1-3-11-34(12-4-1)46-32-53(60-55(59-46)35-13-5-2-6-14-35)62-48-18-10-8-16-40(48)42-29-36(20-23-49(42)62)45-25-28-57-54(58-45)37-19-22-41-39-15-7-9-17-47(39)61(50(41)30-37)38-21-24-51-43(31-38)44-33-56-27-26-52(44)63-51/h1-33H. The van der Waals surface area contributed by atoms with Crippen LogP contribution in [0.4, 0.5) is 0 Å². The zero-order valence-corrected chi connectivity index (χ0v) is 34.4. The van der Waals surface area contributed by atoms with Crippen LogP contribution in [0.5, 0.6) is 0 Å². The maximum atomic E-state index is 5.23. The molecule has 8 heteroatoms. The fourth-order valence-electron chi connectivity index (χ4n) is 9.20. The second kappa shape index (κ2) is 14.1. The molecule has 0 saturated carbocycles. The monoisotopic (exact) mass is 823 g/mol. The number of fused-ring (bicyclic) bond motifs is 9. The lowest BCUT2D eigenvalue weighted by atomic mass is 10.1. The van der Waals surface area contributed by atoms with E-state index in [9.17, 15) is 0 Å². The molecule has 7 aromatic carbocycles. The molecule has 0 amide bonds. The Bertz CT molecular complexity index is 3870. The van der Waals surface area contributed by atoms with Gasteiger partial charge in [0.25, 0.3) is 0 Å². The summed E-state index contributed by atoms with van der Waals surface area (Å²) in [6.07, 6.45) is 5.71. The third kappa shape index (κ3) is 5.76. The molecule has 0 fully saturated rings. The number of hydrogen-bond donors (Lipinski definition) is 0. The van der Waals surface area contributed by atoms with E-state index >= 15 is 0 Å². The fraction of sp³-hybridized carbons (Fsp3) is 0. The average Bonchev–Trinajstić information content (AvgIpc) is 4.01. The average molecular weight is 824 g/mol. The number of hydrogen-bond acceptors (Lipinski definition) is 6. The Morgan fingerprint density at radius 3 is 1.89 bits per heavy atom.